The van der Waals surface area contributed by atoms with Crippen LogP contribution < -0.4 is 0 Å². The van der Waals surface area contributed by atoms with Crippen LogP contribution in [0.4, 0.5) is 4.39 Å². The highest BCUT2D eigenvalue weighted by atomic mass is 19.1. The second kappa shape index (κ2) is 7.89. The Hall–Kier alpha value is -1.71. The molecule has 0 unspecified atom stereocenters. The molecule has 0 saturated carbocycles. The van der Waals surface area contributed by atoms with Crippen LogP contribution >= 0.6 is 0 Å². The van der Waals surface area contributed by atoms with Gasteiger partial charge in [-0.3, -0.25) is 0 Å². The van der Waals surface area contributed by atoms with Gasteiger partial charge in [0.15, 0.2) is 0 Å². The molecule has 1 fully saturated rings. The number of piperidine rings is 1. The zero-order chi connectivity index (χ0) is 17.9. The first-order chi connectivity index (χ1) is 12.7. The van der Waals surface area contributed by atoms with Crippen LogP contribution in [0.3, 0.4) is 0 Å². The molecular formula is C23H28FNO. The van der Waals surface area contributed by atoms with Crippen LogP contribution in [0.2, 0.25) is 0 Å². The summed E-state index contributed by atoms with van der Waals surface area (Å²) in [4.78, 5) is 2.54. The molecule has 1 saturated heterocycles. The average molecular weight is 353 g/mol. The fourth-order valence-corrected chi connectivity index (χ4v) is 4.75. The maximum atomic E-state index is 13.5. The van der Waals surface area contributed by atoms with Gasteiger partial charge in [0.05, 0.1) is 6.10 Å². The predicted molar refractivity (Wildman–Crippen MR) is 103 cm³/mol. The van der Waals surface area contributed by atoms with Crippen molar-refractivity contribution in [1.29, 1.82) is 0 Å². The summed E-state index contributed by atoms with van der Waals surface area (Å²) in [6.45, 7) is 3.21. The number of hydrogen-bond acceptors (Lipinski definition) is 2. The van der Waals surface area contributed by atoms with E-state index in [2.05, 4.69) is 29.2 Å². The Morgan fingerprint density at radius 2 is 1.81 bits per heavy atom. The first kappa shape index (κ1) is 17.7. The van der Waals surface area contributed by atoms with Gasteiger partial charge in [-0.1, -0.05) is 36.4 Å². The Morgan fingerprint density at radius 3 is 2.62 bits per heavy atom. The Kier molecular flexibility index (Phi) is 5.37. The van der Waals surface area contributed by atoms with E-state index >= 15 is 0 Å². The summed E-state index contributed by atoms with van der Waals surface area (Å²) in [7, 11) is 0. The molecule has 0 spiro atoms. The Morgan fingerprint density at radius 1 is 1.00 bits per heavy atom. The van der Waals surface area contributed by atoms with Gasteiger partial charge < -0.3 is 10.0 Å². The van der Waals surface area contributed by atoms with E-state index in [0.717, 1.165) is 62.9 Å². The van der Waals surface area contributed by atoms with Crippen LogP contribution in [0.25, 0.3) is 0 Å². The molecule has 4 rings (SSSR count). The summed E-state index contributed by atoms with van der Waals surface area (Å²) in [6.07, 6.45) is 4.94. The third-order valence-electron chi connectivity index (χ3n) is 6.22. The van der Waals surface area contributed by atoms with Gasteiger partial charge in [-0.15, -0.1) is 0 Å². The SMILES string of the molecule is O[C@@H]1C[C@H](CN2CCC(c3cccc(F)c3)CC2)CCc2ccccc21. The van der Waals surface area contributed by atoms with Gasteiger partial charge >= 0.3 is 0 Å². The highest BCUT2D eigenvalue weighted by Gasteiger charge is 2.27. The lowest BCUT2D eigenvalue weighted by Gasteiger charge is -2.34. The van der Waals surface area contributed by atoms with Crippen molar-refractivity contribution in [3.8, 4) is 0 Å². The van der Waals surface area contributed by atoms with E-state index in [4.69, 9.17) is 0 Å². The van der Waals surface area contributed by atoms with Crippen LogP contribution in [0.1, 0.15) is 54.4 Å². The molecule has 1 heterocycles. The standard InChI is InChI=1S/C23H28FNO/c24-21-6-3-5-20(15-21)18-10-12-25(13-11-18)16-17-8-9-19-4-1-2-7-22(19)23(26)14-17/h1-7,15,17-18,23,26H,8-14,16H2/t17-,23-/m1/s1. The van der Waals surface area contributed by atoms with Crippen molar-refractivity contribution in [2.45, 2.75) is 44.1 Å². The minimum atomic E-state index is -0.330. The van der Waals surface area contributed by atoms with E-state index < -0.39 is 0 Å². The molecule has 2 aliphatic rings. The third kappa shape index (κ3) is 3.99. The zero-order valence-corrected chi connectivity index (χ0v) is 15.3. The highest BCUT2D eigenvalue weighted by molar-refractivity contribution is 5.30. The maximum absolute atomic E-state index is 13.5. The van der Waals surface area contributed by atoms with E-state index in [1.54, 1.807) is 6.07 Å². The fourth-order valence-electron chi connectivity index (χ4n) is 4.75. The maximum Gasteiger partial charge on any atom is 0.123 e. The smallest absolute Gasteiger partial charge is 0.123 e. The van der Waals surface area contributed by atoms with Crippen molar-refractivity contribution in [3.05, 3.63) is 71.0 Å². The molecule has 1 aliphatic heterocycles. The lowest BCUT2D eigenvalue weighted by molar-refractivity contribution is 0.117. The lowest BCUT2D eigenvalue weighted by Crippen LogP contribution is -2.36. The van der Waals surface area contributed by atoms with Crippen molar-refractivity contribution in [3.63, 3.8) is 0 Å². The van der Waals surface area contributed by atoms with Gasteiger partial charge in [0.25, 0.3) is 0 Å². The summed E-state index contributed by atoms with van der Waals surface area (Å²) >= 11 is 0. The van der Waals surface area contributed by atoms with Gasteiger partial charge in [-0.25, -0.2) is 4.39 Å². The highest BCUT2D eigenvalue weighted by Crippen LogP contribution is 2.34. The van der Waals surface area contributed by atoms with Crippen LogP contribution in [0.5, 0.6) is 0 Å². The Balaban J connectivity index is 1.32. The average Bonchev–Trinajstić information content (AvgIpc) is 2.82. The molecule has 26 heavy (non-hydrogen) atoms. The summed E-state index contributed by atoms with van der Waals surface area (Å²) in [5, 5.41) is 10.6. The molecule has 2 nitrogen and oxygen atoms in total. The van der Waals surface area contributed by atoms with Gasteiger partial charge in [0, 0.05) is 6.54 Å². The van der Waals surface area contributed by atoms with Crippen LogP contribution in [-0.4, -0.2) is 29.6 Å². The van der Waals surface area contributed by atoms with Crippen LogP contribution in [0, 0.1) is 11.7 Å². The second-order valence-corrected chi connectivity index (χ2v) is 7.98. The van der Waals surface area contributed by atoms with Crippen molar-refractivity contribution in [1.82, 2.24) is 4.90 Å². The largest absolute Gasteiger partial charge is 0.388 e. The van der Waals surface area contributed by atoms with Gasteiger partial charge in [0.2, 0.25) is 0 Å². The van der Waals surface area contributed by atoms with Crippen LogP contribution in [-0.2, 0) is 6.42 Å². The molecular weight excluding hydrogens is 325 g/mol. The Labute approximate surface area is 155 Å². The van der Waals surface area contributed by atoms with Crippen molar-refractivity contribution >= 4 is 0 Å². The van der Waals surface area contributed by atoms with Crippen LogP contribution in [0.15, 0.2) is 48.5 Å². The number of fused-ring (bicyclic) bond motifs is 1. The molecule has 2 atom stereocenters. The first-order valence-electron chi connectivity index (χ1n) is 9.92. The van der Waals surface area contributed by atoms with Crippen molar-refractivity contribution in [2.24, 2.45) is 5.92 Å². The molecule has 0 bridgehead atoms. The lowest BCUT2D eigenvalue weighted by atomic mass is 9.88. The number of aryl methyl sites for hydroxylation is 1. The number of halogens is 1. The quantitative estimate of drug-likeness (QED) is 0.809. The minimum Gasteiger partial charge on any atom is -0.388 e. The monoisotopic (exact) mass is 353 g/mol. The van der Waals surface area contributed by atoms with Crippen molar-refractivity contribution in [2.75, 3.05) is 19.6 Å². The van der Waals surface area contributed by atoms with Gasteiger partial charge in [-0.2, -0.15) is 0 Å². The van der Waals surface area contributed by atoms with Gasteiger partial charge in [0.1, 0.15) is 5.82 Å². The number of hydrogen-bond donors (Lipinski definition) is 1. The molecule has 2 aromatic rings. The molecule has 0 radical (unpaired) electrons. The Bertz CT molecular complexity index is 738. The number of rotatable bonds is 3. The van der Waals surface area contributed by atoms with Crippen molar-refractivity contribution < 1.29 is 9.50 Å². The number of aliphatic hydroxyl groups excluding tert-OH is 1. The molecule has 138 valence electrons. The normalized spacial score (nSPS) is 24.8. The molecule has 1 N–H and O–H groups in total. The number of aliphatic hydroxyl groups is 1. The van der Waals surface area contributed by atoms with E-state index in [0.29, 0.717) is 11.8 Å². The predicted octanol–water partition coefficient (Wildman–Crippen LogP) is 4.69. The second-order valence-electron chi connectivity index (χ2n) is 7.98. The third-order valence-corrected chi connectivity index (χ3v) is 6.22. The first-order valence-corrected chi connectivity index (χ1v) is 9.92. The summed E-state index contributed by atoms with van der Waals surface area (Å²) < 4.78 is 13.5. The summed E-state index contributed by atoms with van der Waals surface area (Å²) in [6, 6.07) is 15.4. The van der Waals surface area contributed by atoms with E-state index in [-0.39, 0.29) is 11.9 Å². The molecule has 0 aromatic heterocycles. The summed E-state index contributed by atoms with van der Waals surface area (Å²) in [5.74, 6) is 0.894. The zero-order valence-electron chi connectivity index (χ0n) is 15.3. The number of nitrogens with zero attached hydrogens (tertiary/aromatic N) is 1. The van der Waals surface area contributed by atoms with E-state index in [1.165, 1.54) is 11.6 Å². The number of benzene rings is 2. The fraction of sp³-hybridized carbons (Fsp3) is 0.478. The summed E-state index contributed by atoms with van der Waals surface area (Å²) in [5.41, 5.74) is 3.58. The topological polar surface area (TPSA) is 23.5 Å². The molecule has 0 amide bonds. The minimum absolute atomic E-state index is 0.128. The van der Waals surface area contributed by atoms with Gasteiger partial charge in [-0.05, 0) is 85.9 Å². The number of likely N-dealkylation sites (tertiary alicyclic amines) is 1. The van der Waals surface area contributed by atoms with E-state index in [1.807, 2.05) is 12.1 Å². The van der Waals surface area contributed by atoms with E-state index in [9.17, 15) is 9.50 Å². The molecule has 3 heteroatoms. The molecule has 2 aromatic carbocycles. The molecule has 1 aliphatic carbocycles.